The molecule has 1 aromatic rings. The number of ether oxygens (including phenoxy) is 1. The molecule has 0 fully saturated rings. The Hall–Kier alpha value is -1.80. The van der Waals surface area contributed by atoms with Gasteiger partial charge in [0.25, 0.3) is 5.91 Å². The van der Waals surface area contributed by atoms with E-state index in [1.54, 1.807) is 25.1 Å². The van der Waals surface area contributed by atoms with Gasteiger partial charge in [0.05, 0.1) is 6.54 Å². The fourth-order valence-corrected chi connectivity index (χ4v) is 1.71. The Labute approximate surface area is 120 Å². The molecule has 0 bridgehead atoms. The number of nitrogens with two attached hydrogens (primary N) is 1. The number of rotatable bonds is 7. The lowest BCUT2D eigenvalue weighted by molar-refractivity contribution is -0.146. The van der Waals surface area contributed by atoms with Gasteiger partial charge in [-0.05, 0) is 24.7 Å². The number of alkyl halides is 3. The van der Waals surface area contributed by atoms with Crippen LogP contribution in [0.3, 0.4) is 0 Å². The minimum atomic E-state index is -4.23. The van der Waals surface area contributed by atoms with Crippen molar-refractivity contribution in [3.63, 3.8) is 0 Å². The zero-order valence-electron chi connectivity index (χ0n) is 11.6. The van der Waals surface area contributed by atoms with E-state index < -0.39 is 18.6 Å². The van der Waals surface area contributed by atoms with Crippen LogP contribution in [0.1, 0.15) is 17.3 Å². The zero-order chi connectivity index (χ0) is 15.9. The zero-order valence-corrected chi connectivity index (χ0v) is 11.6. The van der Waals surface area contributed by atoms with Gasteiger partial charge in [0.15, 0.2) is 0 Å². The predicted octanol–water partition coefficient (Wildman–Crippen LogP) is 1.55. The molecule has 0 aliphatic carbocycles. The third kappa shape index (κ3) is 6.46. The van der Waals surface area contributed by atoms with Gasteiger partial charge in [-0.2, -0.15) is 13.2 Å². The van der Waals surface area contributed by atoms with Gasteiger partial charge in [0.1, 0.15) is 12.4 Å². The third-order valence-corrected chi connectivity index (χ3v) is 2.75. The summed E-state index contributed by atoms with van der Waals surface area (Å²) in [5.74, 6) is 4.95. The highest BCUT2D eigenvalue weighted by Gasteiger charge is 2.29. The summed E-state index contributed by atoms with van der Waals surface area (Å²) in [7, 11) is 0. The normalized spacial score (nSPS) is 11.5. The SMILES string of the molecule is CCN(CCOc1cccc(C(=O)NN)c1)CC(F)(F)F. The van der Waals surface area contributed by atoms with Gasteiger partial charge in [-0.3, -0.25) is 15.1 Å². The van der Waals surface area contributed by atoms with E-state index in [-0.39, 0.29) is 19.7 Å². The Bertz CT molecular complexity index is 466. The summed E-state index contributed by atoms with van der Waals surface area (Å²) in [6.07, 6.45) is -4.23. The van der Waals surface area contributed by atoms with Crippen molar-refractivity contribution in [2.75, 3.05) is 26.2 Å². The van der Waals surface area contributed by atoms with Gasteiger partial charge in [0, 0.05) is 12.1 Å². The second kappa shape index (κ2) is 7.84. The minimum Gasteiger partial charge on any atom is -0.492 e. The van der Waals surface area contributed by atoms with Crippen molar-refractivity contribution in [3.8, 4) is 5.75 Å². The summed E-state index contributed by atoms with van der Waals surface area (Å²) < 4.78 is 42.2. The van der Waals surface area contributed by atoms with E-state index in [4.69, 9.17) is 10.6 Å². The van der Waals surface area contributed by atoms with Crippen molar-refractivity contribution in [1.82, 2.24) is 10.3 Å². The van der Waals surface area contributed by atoms with Crippen LogP contribution in [0.15, 0.2) is 24.3 Å². The number of carbonyl (C=O) groups excluding carboxylic acids is 1. The smallest absolute Gasteiger partial charge is 0.401 e. The number of hydrogen-bond acceptors (Lipinski definition) is 4. The number of amides is 1. The molecule has 0 saturated heterocycles. The number of likely N-dealkylation sites (N-methyl/N-ethyl adjacent to an activating group) is 1. The van der Waals surface area contributed by atoms with Crippen molar-refractivity contribution >= 4 is 5.91 Å². The van der Waals surface area contributed by atoms with E-state index in [1.807, 2.05) is 5.43 Å². The summed E-state index contributed by atoms with van der Waals surface area (Å²) >= 11 is 0. The number of halogens is 3. The highest BCUT2D eigenvalue weighted by molar-refractivity contribution is 5.94. The first-order valence-electron chi connectivity index (χ1n) is 6.38. The molecule has 0 unspecified atom stereocenters. The van der Waals surface area contributed by atoms with E-state index in [9.17, 15) is 18.0 Å². The average Bonchev–Trinajstić information content (AvgIpc) is 2.44. The maximum absolute atomic E-state index is 12.3. The van der Waals surface area contributed by atoms with Crippen molar-refractivity contribution in [1.29, 1.82) is 0 Å². The maximum atomic E-state index is 12.3. The highest BCUT2D eigenvalue weighted by Crippen LogP contribution is 2.17. The third-order valence-electron chi connectivity index (χ3n) is 2.75. The molecule has 0 aliphatic rings. The fourth-order valence-electron chi connectivity index (χ4n) is 1.71. The van der Waals surface area contributed by atoms with E-state index in [1.165, 1.54) is 11.0 Å². The Balaban J connectivity index is 2.50. The van der Waals surface area contributed by atoms with Crippen molar-refractivity contribution in [2.45, 2.75) is 13.1 Å². The van der Waals surface area contributed by atoms with Gasteiger partial charge >= 0.3 is 6.18 Å². The quantitative estimate of drug-likeness (QED) is 0.456. The second-order valence-electron chi connectivity index (χ2n) is 4.33. The van der Waals surface area contributed by atoms with E-state index in [0.29, 0.717) is 11.3 Å². The topological polar surface area (TPSA) is 67.6 Å². The molecule has 0 heterocycles. The molecule has 0 spiro atoms. The number of benzene rings is 1. The molecule has 5 nitrogen and oxygen atoms in total. The molecule has 1 amide bonds. The molecule has 8 heteroatoms. The lowest BCUT2D eigenvalue weighted by atomic mass is 10.2. The maximum Gasteiger partial charge on any atom is 0.401 e. The minimum absolute atomic E-state index is 0.0949. The van der Waals surface area contributed by atoms with Crippen molar-refractivity contribution in [3.05, 3.63) is 29.8 Å². The van der Waals surface area contributed by atoms with Gasteiger partial charge < -0.3 is 4.74 Å². The van der Waals surface area contributed by atoms with E-state index in [0.717, 1.165) is 0 Å². The van der Waals surface area contributed by atoms with Crippen LogP contribution >= 0.6 is 0 Å². The molecule has 21 heavy (non-hydrogen) atoms. The summed E-state index contributed by atoms with van der Waals surface area (Å²) in [6.45, 7) is 1.19. The second-order valence-corrected chi connectivity index (χ2v) is 4.33. The predicted molar refractivity (Wildman–Crippen MR) is 71.8 cm³/mol. The molecule has 1 aromatic carbocycles. The molecule has 0 radical (unpaired) electrons. The first-order valence-corrected chi connectivity index (χ1v) is 6.38. The number of nitrogens with zero attached hydrogens (tertiary/aromatic N) is 1. The van der Waals surface area contributed by atoms with Crippen LogP contribution in [-0.2, 0) is 0 Å². The van der Waals surface area contributed by atoms with Crippen LogP contribution in [0.2, 0.25) is 0 Å². The average molecular weight is 305 g/mol. The number of nitrogen functional groups attached to an aromatic ring is 1. The van der Waals surface area contributed by atoms with Gasteiger partial charge in [0.2, 0.25) is 0 Å². The summed E-state index contributed by atoms with van der Waals surface area (Å²) in [5, 5.41) is 0. The Kier molecular flexibility index (Phi) is 6.44. The molecule has 1 rings (SSSR count). The Morgan fingerprint density at radius 1 is 1.43 bits per heavy atom. The fraction of sp³-hybridized carbons (Fsp3) is 0.462. The molecular formula is C13H18F3N3O2. The van der Waals surface area contributed by atoms with Crippen LogP contribution in [0.4, 0.5) is 13.2 Å². The number of nitrogens with one attached hydrogen (secondary N) is 1. The van der Waals surface area contributed by atoms with Crippen LogP contribution < -0.4 is 16.0 Å². The first kappa shape index (κ1) is 17.3. The number of hydrazine groups is 1. The number of hydrogen-bond donors (Lipinski definition) is 2. The van der Waals surface area contributed by atoms with E-state index in [2.05, 4.69) is 0 Å². The molecule has 0 atom stereocenters. The van der Waals surface area contributed by atoms with Crippen LogP contribution in [-0.4, -0.2) is 43.2 Å². The molecule has 0 aromatic heterocycles. The summed E-state index contributed by atoms with van der Waals surface area (Å²) in [4.78, 5) is 12.6. The molecule has 3 N–H and O–H groups in total. The summed E-state index contributed by atoms with van der Waals surface area (Å²) in [6, 6.07) is 6.25. The largest absolute Gasteiger partial charge is 0.492 e. The number of carbonyl (C=O) groups is 1. The Morgan fingerprint density at radius 2 is 2.14 bits per heavy atom. The standard InChI is InChI=1S/C13H18F3N3O2/c1-2-19(9-13(14,15)16)6-7-21-11-5-3-4-10(8-11)12(20)18-17/h3-5,8H,2,6-7,9,17H2,1H3,(H,18,20). The summed E-state index contributed by atoms with van der Waals surface area (Å²) in [5.41, 5.74) is 2.31. The van der Waals surface area contributed by atoms with Crippen LogP contribution in [0, 0.1) is 0 Å². The van der Waals surface area contributed by atoms with Crippen LogP contribution in [0.5, 0.6) is 5.75 Å². The van der Waals surface area contributed by atoms with E-state index >= 15 is 0 Å². The highest BCUT2D eigenvalue weighted by atomic mass is 19.4. The Morgan fingerprint density at radius 3 is 2.71 bits per heavy atom. The van der Waals surface area contributed by atoms with Gasteiger partial charge in [-0.25, -0.2) is 5.84 Å². The lowest BCUT2D eigenvalue weighted by Gasteiger charge is -2.21. The molecule has 118 valence electrons. The van der Waals surface area contributed by atoms with Gasteiger partial charge in [-0.15, -0.1) is 0 Å². The monoisotopic (exact) mass is 305 g/mol. The molecular weight excluding hydrogens is 287 g/mol. The first-order chi connectivity index (χ1) is 9.85. The lowest BCUT2D eigenvalue weighted by Crippen LogP contribution is -2.36. The molecule has 0 aliphatic heterocycles. The van der Waals surface area contributed by atoms with Crippen LogP contribution in [0.25, 0.3) is 0 Å². The molecule has 0 saturated carbocycles. The van der Waals surface area contributed by atoms with Crippen molar-refractivity contribution < 1.29 is 22.7 Å². The van der Waals surface area contributed by atoms with Gasteiger partial charge in [-0.1, -0.05) is 13.0 Å². The van der Waals surface area contributed by atoms with Crippen molar-refractivity contribution in [2.24, 2.45) is 5.84 Å².